The molecule has 1 aromatic carbocycles. The normalized spacial score (nSPS) is 17.5. The molecule has 1 aliphatic heterocycles. The van der Waals surface area contributed by atoms with Gasteiger partial charge in [0, 0.05) is 10.1 Å². The van der Waals surface area contributed by atoms with Gasteiger partial charge in [0.2, 0.25) is 0 Å². The molecule has 0 aromatic heterocycles. The standard InChI is InChI=1S/C15H20INO4/c1-15(2)9-21-6-5-17(15)14(18)10-7-12(19-3)13(20-4)8-11(10)16/h7-8H,5-6,9H2,1-4H3. The molecule has 0 unspecified atom stereocenters. The van der Waals surface area contributed by atoms with Crippen LogP contribution in [-0.4, -0.2) is 50.3 Å². The Morgan fingerprint density at radius 1 is 1.29 bits per heavy atom. The SMILES string of the molecule is COc1cc(I)c(C(=O)N2CCOCC2(C)C)cc1OC. The van der Waals surface area contributed by atoms with E-state index in [2.05, 4.69) is 22.6 Å². The summed E-state index contributed by atoms with van der Waals surface area (Å²) in [6, 6.07) is 3.56. The van der Waals surface area contributed by atoms with E-state index in [1.807, 2.05) is 24.8 Å². The van der Waals surface area contributed by atoms with Gasteiger partial charge in [-0.1, -0.05) is 0 Å². The van der Waals surface area contributed by atoms with Gasteiger partial charge in [0.05, 0.1) is 38.5 Å². The van der Waals surface area contributed by atoms with Crippen molar-refractivity contribution in [3.8, 4) is 11.5 Å². The van der Waals surface area contributed by atoms with Crippen LogP contribution in [0.5, 0.6) is 11.5 Å². The van der Waals surface area contributed by atoms with Crippen LogP contribution in [0, 0.1) is 3.57 Å². The van der Waals surface area contributed by atoms with E-state index in [9.17, 15) is 4.79 Å². The van der Waals surface area contributed by atoms with Crippen LogP contribution in [-0.2, 0) is 4.74 Å². The molecule has 1 saturated heterocycles. The summed E-state index contributed by atoms with van der Waals surface area (Å²) in [5.74, 6) is 1.18. The van der Waals surface area contributed by atoms with Crippen molar-refractivity contribution in [3.63, 3.8) is 0 Å². The number of ether oxygens (including phenoxy) is 3. The lowest BCUT2D eigenvalue weighted by atomic mass is 10.0. The third kappa shape index (κ3) is 3.26. The number of hydrogen-bond donors (Lipinski definition) is 0. The van der Waals surface area contributed by atoms with Crippen molar-refractivity contribution >= 4 is 28.5 Å². The van der Waals surface area contributed by atoms with Crippen LogP contribution in [0.25, 0.3) is 0 Å². The molecular formula is C15H20INO4. The number of morpholine rings is 1. The maximum Gasteiger partial charge on any atom is 0.255 e. The number of benzene rings is 1. The molecule has 0 bridgehead atoms. The van der Waals surface area contributed by atoms with Crippen molar-refractivity contribution in [1.82, 2.24) is 4.90 Å². The van der Waals surface area contributed by atoms with Crippen molar-refractivity contribution in [3.05, 3.63) is 21.3 Å². The third-order valence-corrected chi connectivity index (χ3v) is 4.49. The molecule has 0 spiro atoms. The van der Waals surface area contributed by atoms with Gasteiger partial charge in [0.25, 0.3) is 5.91 Å². The van der Waals surface area contributed by atoms with E-state index >= 15 is 0 Å². The summed E-state index contributed by atoms with van der Waals surface area (Å²) < 4.78 is 16.9. The molecular weight excluding hydrogens is 385 g/mol. The van der Waals surface area contributed by atoms with Gasteiger partial charge in [0.1, 0.15) is 0 Å². The fourth-order valence-electron chi connectivity index (χ4n) is 2.40. The van der Waals surface area contributed by atoms with Crippen molar-refractivity contribution in [1.29, 1.82) is 0 Å². The molecule has 1 fully saturated rings. The van der Waals surface area contributed by atoms with Gasteiger partial charge in [-0.15, -0.1) is 0 Å². The lowest BCUT2D eigenvalue weighted by molar-refractivity contribution is -0.0371. The first-order valence-electron chi connectivity index (χ1n) is 6.72. The first-order valence-corrected chi connectivity index (χ1v) is 7.80. The van der Waals surface area contributed by atoms with Gasteiger partial charge in [-0.25, -0.2) is 0 Å². The number of amides is 1. The minimum atomic E-state index is -0.314. The zero-order chi connectivity index (χ0) is 15.6. The molecule has 0 atom stereocenters. The summed E-state index contributed by atoms with van der Waals surface area (Å²) in [5.41, 5.74) is 0.314. The molecule has 5 nitrogen and oxygen atoms in total. The van der Waals surface area contributed by atoms with Crippen LogP contribution in [0.15, 0.2) is 12.1 Å². The minimum absolute atomic E-state index is 0.00588. The summed E-state index contributed by atoms with van der Waals surface area (Å²) in [6.45, 7) is 5.73. The van der Waals surface area contributed by atoms with E-state index in [-0.39, 0.29) is 11.4 Å². The van der Waals surface area contributed by atoms with Gasteiger partial charge in [0.15, 0.2) is 11.5 Å². The lowest BCUT2D eigenvalue weighted by Crippen LogP contribution is -2.55. The molecule has 1 amide bonds. The molecule has 2 rings (SSSR count). The van der Waals surface area contributed by atoms with Gasteiger partial charge in [-0.05, 0) is 48.6 Å². The fraction of sp³-hybridized carbons (Fsp3) is 0.533. The highest BCUT2D eigenvalue weighted by molar-refractivity contribution is 14.1. The van der Waals surface area contributed by atoms with E-state index in [0.717, 1.165) is 3.57 Å². The van der Waals surface area contributed by atoms with Crippen molar-refractivity contribution in [2.24, 2.45) is 0 Å². The Hall–Kier alpha value is -1.02. The van der Waals surface area contributed by atoms with Crippen LogP contribution in [0.4, 0.5) is 0 Å². The third-order valence-electron chi connectivity index (χ3n) is 3.59. The largest absolute Gasteiger partial charge is 0.493 e. The smallest absolute Gasteiger partial charge is 0.255 e. The summed E-state index contributed by atoms with van der Waals surface area (Å²) in [5, 5.41) is 0. The second kappa shape index (κ2) is 6.39. The highest BCUT2D eigenvalue weighted by Crippen LogP contribution is 2.33. The minimum Gasteiger partial charge on any atom is -0.493 e. The van der Waals surface area contributed by atoms with Crippen LogP contribution >= 0.6 is 22.6 Å². The maximum absolute atomic E-state index is 12.9. The molecule has 1 heterocycles. The number of hydrogen-bond acceptors (Lipinski definition) is 4. The van der Waals surface area contributed by atoms with E-state index in [4.69, 9.17) is 14.2 Å². The Kier molecular flexibility index (Phi) is 4.98. The topological polar surface area (TPSA) is 48.0 Å². The highest BCUT2D eigenvalue weighted by Gasteiger charge is 2.35. The van der Waals surface area contributed by atoms with Crippen LogP contribution < -0.4 is 9.47 Å². The summed E-state index contributed by atoms with van der Waals surface area (Å²) in [4.78, 5) is 14.7. The quantitative estimate of drug-likeness (QED) is 0.726. The number of carbonyl (C=O) groups excluding carboxylic acids is 1. The van der Waals surface area contributed by atoms with Crippen molar-refractivity contribution in [2.45, 2.75) is 19.4 Å². The first-order chi connectivity index (χ1) is 9.90. The Balaban J connectivity index is 2.39. The number of halogens is 1. The lowest BCUT2D eigenvalue weighted by Gasteiger charge is -2.42. The predicted octanol–water partition coefficient (Wildman–Crippen LogP) is 2.56. The molecule has 0 radical (unpaired) electrons. The van der Waals surface area contributed by atoms with E-state index in [0.29, 0.717) is 36.8 Å². The number of rotatable bonds is 3. The predicted molar refractivity (Wildman–Crippen MR) is 88.2 cm³/mol. The van der Waals surface area contributed by atoms with Gasteiger partial charge < -0.3 is 19.1 Å². The van der Waals surface area contributed by atoms with Crippen molar-refractivity contribution < 1.29 is 19.0 Å². The fourth-order valence-corrected chi connectivity index (χ4v) is 3.07. The molecule has 0 aliphatic carbocycles. The molecule has 1 aliphatic rings. The Labute approximate surface area is 138 Å². The Bertz CT molecular complexity index is 545. The zero-order valence-electron chi connectivity index (χ0n) is 12.7. The molecule has 116 valence electrons. The monoisotopic (exact) mass is 405 g/mol. The average Bonchev–Trinajstić information content (AvgIpc) is 2.45. The number of carbonyl (C=O) groups is 1. The summed E-state index contributed by atoms with van der Waals surface area (Å²) in [6.07, 6.45) is 0. The maximum atomic E-state index is 12.9. The van der Waals surface area contributed by atoms with E-state index in [1.165, 1.54) is 0 Å². The Morgan fingerprint density at radius 3 is 2.48 bits per heavy atom. The van der Waals surface area contributed by atoms with Crippen LogP contribution in [0.3, 0.4) is 0 Å². The summed E-state index contributed by atoms with van der Waals surface area (Å²) >= 11 is 2.15. The first kappa shape index (κ1) is 16.4. The number of nitrogens with zero attached hydrogens (tertiary/aromatic N) is 1. The molecule has 0 N–H and O–H groups in total. The second-order valence-corrected chi connectivity index (χ2v) is 6.67. The van der Waals surface area contributed by atoms with Crippen LogP contribution in [0.2, 0.25) is 0 Å². The van der Waals surface area contributed by atoms with Gasteiger partial charge >= 0.3 is 0 Å². The van der Waals surface area contributed by atoms with Gasteiger partial charge in [-0.3, -0.25) is 4.79 Å². The van der Waals surface area contributed by atoms with E-state index in [1.54, 1.807) is 20.3 Å². The Morgan fingerprint density at radius 2 is 1.90 bits per heavy atom. The summed E-state index contributed by atoms with van der Waals surface area (Å²) in [7, 11) is 3.15. The van der Waals surface area contributed by atoms with E-state index < -0.39 is 0 Å². The molecule has 0 saturated carbocycles. The zero-order valence-corrected chi connectivity index (χ0v) is 14.9. The van der Waals surface area contributed by atoms with Crippen molar-refractivity contribution in [2.75, 3.05) is 34.0 Å². The molecule has 21 heavy (non-hydrogen) atoms. The van der Waals surface area contributed by atoms with Crippen LogP contribution in [0.1, 0.15) is 24.2 Å². The highest BCUT2D eigenvalue weighted by atomic mass is 127. The molecule has 1 aromatic rings. The number of methoxy groups -OCH3 is 2. The molecule has 6 heteroatoms. The second-order valence-electron chi connectivity index (χ2n) is 5.51. The average molecular weight is 405 g/mol. The van der Waals surface area contributed by atoms with Gasteiger partial charge in [-0.2, -0.15) is 0 Å².